The predicted octanol–water partition coefficient (Wildman–Crippen LogP) is -0.582. The number of carbonyl (C=O) groups excluding carboxylic acids is 1. The molecule has 0 aliphatic carbocycles. The van der Waals surface area contributed by atoms with Crippen LogP contribution in [0.25, 0.3) is 0 Å². The van der Waals surface area contributed by atoms with Gasteiger partial charge in [0.15, 0.2) is 0 Å². The van der Waals surface area contributed by atoms with Crippen molar-refractivity contribution >= 4 is 5.97 Å². The van der Waals surface area contributed by atoms with Gasteiger partial charge in [0.1, 0.15) is 12.1 Å². The Bertz CT molecular complexity index is 180. The molecule has 0 saturated carbocycles. The van der Waals surface area contributed by atoms with Gasteiger partial charge < -0.3 is 20.3 Å². The number of hydrogen-bond acceptors (Lipinski definition) is 5. The summed E-state index contributed by atoms with van der Waals surface area (Å²) in [7, 11) is 0. The van der Waals surface area contributed by atoms with Crippen molar-refractivity contribution in [3.63, 3.8) is 0 Å². The van der Waals surface area contributed by atoms with Crippen LogP contribution in [0.4, 0.5) is 0 Å². The minimum absolute atomic E-state index is 0.0685. The minimum Gasteiger partial charge on any atom is -0.461 e. The predicted molar refractivity (Wildman–Crippen MR) is 49.6 cm³/mol. The average Bonchev–Trinajstić information content (AvgIpc) is 2.19. The van der Waals surface area contributed by atoms with Gasteiger partial charge in [-0.2, -0.15) is 0 Å². The molecule has 0 aromatic rings. The van der Waals surface area contributed by atoms with Crippen molar-refractivity contribution in [2.24, 2.45) is 5.73 Å². The van der Waals surface area contributed by atoms with E-state index in [4.69, 9.17) is 20.3 Å². The third-order valence-corrected chi connectivity index (χ3v) is 2.19. The standard InChI is InChI=1S/C9H17NO4/c10-8(1-4-11)9(12)14-7-2-5-13-6-3-7/h7-8,11H,1-6,10H2/t8-/m1/s1. The largest absolute Gasteiger partial charge is 0.461 e. The number of rotatable bonds is 4. The van der Waals surface area contributed by atoms with E-state index in [9.17, 15) is 4.79 Å². The molecule has 5 heteroatoms. The van der Waals surface area contributed by atoms with E-state index in [1.165, 1.54) is 0 Å². The fraction of sp³-hybridized carbons (Fsp3) is 0.889. The summed E-state index contributed by atoms with van der Waals surface area (Å²) < 4.78 is 10.3. The number of hydrogen-bond donors (Lipinski definition) is 2. The van der Waals surface area contributed by atoms with Crippen LogP contribution in [0.2, 0.25) is 0 Å². The van der Waals surface area contributed by atoms with E-state index in [0.29, 0.717) is 13.2 Å². The lowest BCUT2D eigenvalue weighted by atomic mass is 10.1. The van der Waals surface area contributed by atoms with Crippen molar-refractivity contribution in [3.05, 3.63) is 0 Å². The summed E-state index contributed by atoms with van der Waals surface area (Å²) in [6.07, 6.45) is 1.65. The summed E-state index contributed by atoms with van der Waals surface area (Å²) in [6, 6.07) is -0.706. The lowest BCUT2D eigenvalue weighted by Crippen LogP contribution is -2.37. The second kappa shape index (κ2) is 5.95. The molecule has 0 aromatic heterocycles. The highest BCUT2D eigenvalue weighted by Gasteiger charge is 2.21. The van der Waals surface area contributed by atoms with E-state index in [-0.39, 0.29) is 19.1 Å². The molecule has 1 aliphatic rings. The van der Waals surface area contributed by atoms with Gasteiger partial charge in [0.25, 0.3) is 0 Å². The number of carbonyl (C=O) groups is 1. The molecule has 1 rings (SSSR count). The molecule has 82 valence electrons. The molecule has 0 bridgehead atoms. The van der Waals surface area contributed by atoms with Gasteiger partial charge in [-0.1, -0.05) is 0 Å². The number of esters is 1. The highest BCUT2D eigenvalue weighted by Crippen LogP contribution is 2.11. The Morgan fingerprint density at radius 3 is 2.79 bits per heavy atom. The van der Waals surface area contributed by atoms with Gasteiger partial charge in [-0.25, -0.2) is 0 Å². The maximum atomic E-state index is 11.3. The van der Waals surface area contributed by atoms with Crippen molar-refractivity contribution < 1.29 is 19.4 Å². The molecule has 0 spiro atoms. The smallest absolute Gasteiger partial charge is 0.323 e. The summed E-state index contributed by atoms with van der Waals surface area (Å²) in [5.74, 6) is -0.425. The third-order valence-electron chi connectivity index (χ3n) is 2.19. The molecule has 0 radical (unpaired) electrons. The molecule has 0 unspecified atom stereocenters. The Morgan fingerprint density at radius 2 is 2.21 bits per heavy atom. The summed E-state index contributed by atoms with van der Waals surface area (Å²) >= 11 is 0. The molecule has 3 N–H and O–H groups in total. The first-order valence-corrected chi connectivity index (χ1v) is 4.88. The Labute approximate surface area is 83.2 Å². The van der Waals surface area contributed by atoms with Crippen LogP contribution in [0.15, 0.2) is 0 Å². The highest BCUT2D eigenvalue weighted by atomic mass is 16.6. The monoisotopic (exact) mass is 203 g/mol. The SMILES string of the molecule is N[C@H](CCO)C(=O)OC1CCOCC1. The van der Waals surface area contributed by atoms with Crippen molar-refractivity contribution in [3.8, 4) is 0 Å². The molecule has 0 aromatic carbocycles. The second-order valence-corrected chi connectivity index (χ2v) is 3.37. The van der Waals surface area contributed by atoms with E-state index in [2.05, 4.69) is 0 Å². The molecule has 1 heterocycles. The minimum atomic E-state index is -0.706. The number of ether oxygens (including phenoxy) is 2. The zero-order chi connectivity index (χ0) is 10.4. The van der Waals surface area contributed by atoms with Gasteiger partial charge in [0.2, 0.25) is 0 Å². The van der Waals surface area contributed by atoms with E-state index in [1.54, 1.807) is 0 Å². The lowest BCUT2D eigenvalue weighted by molar-refractivity contribution is -0.155. The fourth-order valence-electron chi connectivity index (χ4n) is 1.30. The third kappa shape index (κ3) is 3.61. The summed E-state index contributed by atoms with van der Waals surface area (Å²) in [5, 5.41) is 8.58. The van der Waals surface area contributed by atoms with Crippen LogP contribution in [0, 0.1) is 0 Å². The van der Waals surface area contributed by atoms with Crippen LogP contribution in [-0.2, 0) is 14.3 Å². The van der Waals surface area contributed by atoms with Crippen molar-refractivity contribution in [1.82, 2.24) is 0 Å². The van der Waals surface area contributed by atoms with Gasteiger partial charge in [-0.15, -0.1) is 0 Å². The number of aliphatic hydroxyl groups excluding tert-OH is 1. The van der Waals surface area contributed by atoms with E-state index in [1.807, 2.05) is 0 Å². The topological polar surface area (TPSA) is 81.8 Å². The molecule has 1 atom stereocenters. The Morgan fingerprint density at radius 1 is 1.57 bits per heavy atom. The lowest BCUT2D eigenvalue weighted by Gasteiger charge is -2.23. The first-order valence-electron chi connectivity index (χ1n) is 4.88. The van der Waals surface area contributed by atoms with Gasteiger partial charge in [-0.05, 0) is 6.42 Å². The Balaban J connectivity index is 2.24. The zero-order valence-corrected chi connectivity index (χ0v) is 8.15. The molecule has 5 nitrogen and oxygen atoms in total. The van der Waals surface area contributed by atoms with Gasteiger partial charge >= 0.3 is 5.97 Å². The zero-order valence-electron chi connectivity index (χ0n) is 8.15. The molecule has 1 saturated heterocycles. The normalized spacial score (nSPS) is 20.4. The van der Waals surface area contributed by atoms with Gasteiger partial charge in [0.05, 0.1) is 13.2 Å². The molecule has 0 amide bonds. The molecule has 1 aliphatic heterocycles. The highest BCUT2D eigenvalue weighted by molar-refractivity contribution is 5.75. The molecule has 1 fully saturated rings. The maximum absolute atomic E-state index is 11.3. The van der Waals surface area contributed by atoms with E-state index < -0.39 is 12.0 Å². The van der Waals surface area contributed by atoms with Crippen LogP contribution >= 0.6 is 0 Å². The first kappa shape index (κ1) is 11.4. The van der Waals surface area contributed by atoms with Crippen LogP contribution < -0.4 is 5.73 Å². The number of aliphatic hydroxyl groups is 1. The summed E-state index contributed by atoms with van der Waals surface area (Å²) in [6.45, 7) is 1.17. The van der Waals surface area contributed by atoms with Crippen LogP contribution in [0.5, 0.6) is 0 Å². The van der Waals surface area contributed by atoms with Gasteiger partial charge in [-0.3, -0.25) is 4.79 Å². The fourth-order valence-corrected chi connectivity index (χ4v) is 1.30. The van der Waals surface area contributed by atoms with Crippen LogP contribution in [-0.4, -0.2) is 43.0 Å². The van der Waals surface area contributed by atoms with E-state index in [0.717, 1.165) is 12.8 Å². The van der Waals surface area contributed by atoms with Crippen molar-refractivity contribution in [2.45, 2.75) is 31.4 Å². The first-order chi connectivity index (χ1) is 6.74. The Hall–Kier alpha value is -0.650. The van der Waals surface area contributed by atoms with Crippen LogP contribution in [0.3, 0.4) is 0 Å². The molecule has 14 heavy (non-hydrogen) atoms. The summed E-state index contributed by atoms with van der Waals surface area (Å²) in [5.41, 5.74) is 5.48. The maximum Gasteiger partial charge on any atom is 0.323 e. The van der Waals surface area contributed by atoms with Crippen molar-refractivity contribution in [1.29, 1.82) is 0 Å². The molecular formula is C9H17NO4. The number of nitrogens with two attached hydrogens (primary N) is 1. The van der Waals surface area contributed by atoms with Crippen LogP contribution in [0.1, 0.15) is 19.3 Å². The average molecular weight is 203 g/mol. The Kier molecular flexibility index (Phi) is 4.86. The van der Waals surface area contributed by atoms with Crippen molar-refractivity contribution in [2.75, 3.05) is 19.8 Å². The quantitative estimate of drug-likeness (QED) is 0.597. The second-order valence-electron chi connectivity index (χ2n) is 3.37. The molecular weight excluding hydrogens is 186 g/mol. The van der Waals surface area contributed by atoms with E-state index >= 15 is 0 Å². The summed E-state index contributed by atoms with van der Waals surface area (Å²) in [4.78, 5) is 11.3. The van der Waals surface area contributed by atoms with Gasteiger partial charge in [0, 0.05) is 19.4 Å².